The van der Waals surface area contributed by atoms with E-state index in [1.165, 1.54) is 17.8 Å². The quantitative estimate of drug-likeness (QED) is 0.939. The highest BCUT2D eigenvalue weighted by Gasteiger charge is 2.30. The number of aromatic nitrogens is 2. The van der Waals surface area contributed by atoms with Gasteiger partial charge in [-0.15, -0.1) is 0 Å². The van der Waals surface area contributed by atoms with E-state index in [-0.39, 0.29) is 6.04 Å². The number of nitrogens with zero attached hydrogens (tertiary/aromatic N) is 2. The molecule has 0 amide bonds. The van der Waals surface area contributed by atoms with Gasteiger partial charge in [-0.05, 0) is 36.9 Å². The summed E-state index contributed by atoms with van der Waals surface area (Å²) in [6.45, 7) is 1.82. The van der Waals surface area contributed by atoms with Crippen LogP contribution in [0.25, 0.3) is 0 Å². The molecule has 1 atom stereocenters. The Bertz CT molecular complexity index is 582. The van der Waals surface area contributed by atoms with Gasteiger partial charge in [-0.25, -0.2) is 9.97 Å². The fourth-order valence-electron chi connectivity index (χ4n) is 1.54. The zero-order chi connectivity index (χ0) is 14.8. The normalized spacial score (nSPS) is 13.2. The van der Waals surface area contributed by atoms with Crippen LogP contribution in [-0.4, -0.2) is 9.97 Å². The lowest BCUT2D eigenvalue weighted by Crippen LogP contribution is -2.07. The molecule has 2 heterocycles. The van der Waals surface area contributed by atoms with Crippen molar-refractivity contribution >= 4 is 11.8 Å². The molecule has 2 N–H and O–H groups in total. The van der Waals surface area contributed by atoms with E-state index in [4.69, 9.17) is 5.73 Å². The summed E-state index contributed by atoms with van der Waals surface area (Å²) >= 11 is 1.19. The van der Waals surface area contributed by atoms with Gasteiger partial charge in [0.2, 0.25) is 0 Å². The Balaban J connectivity index is 2.23. The fraction of sp³-hybridized carbons (Fsp3) is 0.231. The summed E-state index contributed by atoms with van der Waals surface area (Å²) in [7, 11) is 0. The molecule has 0 aliphatic rings. The summed E-state index contributed by atoms with van der Waals surface area (Å²) in [6, 6.07) is 5.73. The number of hydrogen-bond donors (Lipinski definition) is 1. The minimum atomic E-state index is -4.38. The molecule has 0 saturated heterocycles. The second kappa shape index (κ2) is 5.80. The van der Waals surface area contributed by atoms with Crippen molar-refractivity contribution in [1.82, 2.24) is 9.97 Å². The lowest BCUT2D eigenvalue weighted by atomic mass is 10.2. The molecule has 0 radical (unpaired) electrons. The van der Waals surface area contributed by atoms with Gasteiger partial charge in [0.1, 0.15) is 10.1 Å². The summed E-state index contributed by atoms with van der Waals surface area (Å²) in [5.74, 6) is 0. The smallest absolute Gasteiger partial charge is 0.324 e. The molecule has 2 aromatic heterocycles. The van der Waals surface area contributed by atoms with Crippen molar-refractivity contribution in [2.45, 2.75) is 29.2 Å². The standard InChI is InChI=1S/C13H12F3N3S/c1-8(17)10-3-2-6-18-12(10)20-11-5-4-9(7-19-11)13(14,15)16/h2-8H,17H2,1H3/t8-/m1/s1. The number of alkyl halides is 3. The van der Waals surface area contributed by atoms with Gasteiger partial charge in [0, 0.05) is 24.0 Å². The van der Waals surface area contributed by atoms with Gasteiger partial charge in [0.25, 0.3) is 0 Å². The van der Waals surface area contributed by atoms with Gasteiger partial charge in [-0.2, -0.15) is 13.2 Å². The molecule has 20 heavy (non-hydrogen) atoms. The first-order chi connectivity index (χ1) is 9.38. The van der Waals surface area contributed by atoms with Gasteiger partial charge in [0.15, 0.2) is 0 Å². The van der Waals surface area contributed by atoms with Crippen molar-refractivity contribution in [2.75, 3.05) is 0 Å². The molecule has 0 spiro atoms. The SMILES string of the molecule is C[C@@H](N)c1cccnc1Sc1ccc(C(F)(F)F)cn1. The molecule has 2 rings (SSSR count). The second-order valence-electron chi connectivity index (χ2n) is 4.17. The molecule has 0 aromatic carbocycles. The Hall–Kier alpha value is -1.60. The van der Waals surface area contributed by atoms with E-state index < -0.39 is 11.7 Å². The maximum atomic E-state index is 12.4. The molecule has 106 valence electrons. The van der Waals surface area contributed by atoms with Crippen LogP contribution < -0.4 is 5.73 Å². The van der Waals surface area contributed by atoms with Crippen LogP contribution >= 0.6 is 11.8 Å². The van der Waals surface area contributed by atoms with Crippen molar-refractivity contribution in [3.63, 3.8) is 0 Å². The van der Waals surface area contributed by atoms with Gasteiger partial charge in [0.05, 0.1) is 5.56 Å². The van der Waals surface area contributed by atoms with E-state index in [1.54, 1.807) is 12.3 Å². The topological polar surface area (TPSA) is 51.8 Å². The van der Waals surface area contributed by atoms with E-state index in [1.807, 2.05) is 13.0 Å². The van der Waals surface area contributed by atoms with E-state index in [2.05, 4.69) is 9.97 Å². The summed E-state index contributed by atoms with van der Waals surface area (Å²) < 4.78 is 37.3. The van der Waals surface area contributed by atoms with Crippen LogP contribution in [0.1, 0.15) is 24.1 Å². The number of halogens is 3. The van der Waals surface area contributed by atoms with Crippen LogP contribution in [0.15, 0.2) is 46.7 Å². The minimum absolute atomic E-state index is 0.208. The van der Waals surface area contributed by atoms with Crippen LogP contribution in [0.2, 0.25) is 0 Å². The summed E-state index contributed by atoms with van der Waals surface area (Å²) in [4.78, 5) is 7.99. The van der Waals surface area contributed by atoms with E-state index >= 15 is 0 Å². The summed E-state index contributed by atoms with van der Waals surface area (Å²) in [5.41, 5.74) is 5.89. The van der Waals surface area contributed by atoms with Crippen molar-refractivity contribution in [3.05, 3.63) is 47.8 Å². The molecular weight excluding hydrogens is 287 g/mol. The van der Waals surface area contributed by atoms with Crippen LogP contribution in [0, 0.1) is 0 Å². The van der Waals surface area contributed by atoms with Crippen LogP contribution in [0.5, 0.6) is 0 Å². The Labute approximate surface area is 118 Å². The van der Waals surface area contributed by atoms with Gasteiger partial charge in [-0.1, -0.05) is 6.07 Å². The van der Waals surface area contributed by atoms with Gasteiger partial charge < -0.3 is 5.73 Å². The van der Waals surface area contributed by atoms with Crippen molar-refractivity contribution < 1.29 is 13.2 Å². The van der Waals surface area contributed by atoms with Crippen molar-refractivity contribution in [3.8, 4) is 0 Å². The van der Waals surface area contributed by atoms with Crippen molar-refractivity contribution in [2.24, 2.45) is 5.73 Å². The molecule has 2 aromatic rings. The van der Waals surface area contributed by atoms with E-state index in [0.717, 1.165) is 17.8 Å². The van der Waals surface area contributed by atoms with Gasteiger partial charge in [-0.3, -0.25) is 0 Å². The van der Waals surface area contributed by atoms with Gasteiger partial charge >= 0.3 is 6.18 Å². The van der Waals surface area contributed by atoms with E-state index in [9.17, 15) is 13.2 Å². The zero-order valence-corrected chi connectivity index (χ0v) is 11.4. The van der Waals surface area contributed by atoms with Crippen LogP contribution in [-0.2, 0) is 6.18 Å². The molecule has 7 heteroatoms. The highest BCUT2D eigenvalue weighted by molar-refractivity contribution is 7.99. The highest BCUT2D eigenvalue weighted by atomic mass is 32.2. The Morgan fingerprint density at radius 1 is 1.20 bits per heavy atom. The predicted molar refractivity (Wildman–Crippen MR) is 70.2 cm³/mol. The lowest BCUT2D eigenvalue weighted by molar-refractivity contribution is -0.137. The van der Waals surface area contributed by atoms with E-state index in [0.29, 0.717) is 10.1 Å². The number of rotatable bonds is 3. The Kier molecular flexibility index (Phi) is 4.29. The molecular formula is C13H12F3N3S. The molecule has 0 bridgehead atoms. The summed E-state index contributed by atoms with van der Waals surface area (Å²) in [5, 5.41) is 1.09. The predicted octanol–water partition coefficient (Wildman–Crippen LogP) is 3.67. The monoisotopic (exact) mass is 299 g/mol. The maximum Gasteiger partial charge on any atom is 0.417 e. The molecule has 0 aliphatic carbocycles. The largest absolute Gasteiger partial charge is 0.417 e. The summed E-state index contributed by atoms with van der Waals surface area (Å²) in [6.07, 6.45) is -1.95. The molecule has 0 fully saturated rings. The number of hydrogen-bond acceptors (Lipinski definition) is 4. The third-order valence-electron chi connectivity index (χ3n) is 2.56. The molecule has 0 saturated carbocycles. The van der Waals surface area contributed by atoms with Crippen LogP contribution in [0.4, 0.5) is 13.2 Å². The number of pyridine rings is 2. The highest BCUT2D eigenvalue weighted by Crippen LogP contribution is 2.32. The maximum absolute atomic E-state index is 12.4. The first-order valence-electron chi connectivity index (χ1n) is 5.79. The van der Waals surface area contributed by atoms with Crippen LogP contribution in [0.3, 0.4) is 0 Å². The average Bonchev–Trinajstić information content (AvgIpc) is 2.38. The molecule has 0 unspecified atom stereocenters. The fourth-order valence-corrected chi connectivity index (χ4v) is 2.47. The third-order valence-corrected chi connectivity index (χ3v) is 3.54. The zero-order valence-electron chi connectivity index (χ0n) is 10.6. The Morgan fingerprint density at radius 2 is 1.95 bits per heavy atom. The minimum Gasteiger partial charge on any atom is -0.324 e. The first kappa shape index (κ1) is 14.8. The van der Waals surface area contributed by atoms with Crippen molar-refractivity contribution in [1.29, 1.82) is 0 Å². The Morgan fingerprint density at radius 3 is 2.50 bits per heavy atom. The number of nitrogens with two attached hydrogens (primary N) is 1. The second-order valence-corrected chi connectivity index (χ2v) is 5.18. The molecule has 0 aliphatic heterocycles. The average molecular weight is 299 g/mol. The first-order valence-corrected chi connectivity index (χ1v) is 6.61. The molecule has 3 nitrogen and oxygen atoms in total. The lowest BCUT2D eigenvalue weighted by Gasteiger charge is -2.11. The third kappa shape index (κ3) is 3.49.